The van der Waals surface area contributed by atoms with Gasteiger partial charge in [0.1, 0.15) is 5.75 Å². The zero-order valence-electron chi connectivity index (χ0n) is 12.5. The van der Waals surface area contributed by atoms with Crippen LogP contribution in [0.15, 0.2) is 18.2 Å². The first kappa shape index (κ1) is 16.1. The lowest BCUT2D eigenvalue weighted by molar-refractivity contribution is -0.130. The topological polar surface area (TPSA) is 41.6 Å². The fourth-order valence-electron chi connectivity index (χ4n) is 2.53. The molecular formula is C16H23ClN2O2. The lowest BCUT2D eigenvalue weighted by atomic mass is 10.1. The summed E-state index contributed by atoms with van der Waals surface area (Å²) in [6.45, 7) is 6.08. The second kappa shape index (κ2) is 8.25. The largest absolute Gasteiger partial charge is 0.494 e. The minimum absolute atomic E-state index is 0.209. The van der Waals surface area contributed by atoms with E-state index in [1.165, 1.54) is 0 Å². The molecule has 21 heavy (non-hydrogen) atoms. The number of carbonyl (C=O) groups excluding carboxylic acids is 1. The summed E-state index contributed by atoms with van der Waals surface area (Å²) in [5, 5.41) is 3.99. The summed E-state index contributed by atoms with van der Waals surface area (Å²) in [7, 11) is 0. The highest BCUT2D eigenvalue weighted by Gasteiger charge is 2.16. The summed E-state index contributed by atoms with van der Waals surface area (Å²) >= 11 is 6.04. The molecule has 0 aromatic heterocycles. The summed E-state index contributed by atoms with van der Waals surface area (Å²) in [5.74, 6) is 1.04. The average molecular weight is 311 g/mol. The van der Waals surface area contributed by atoms with Crippen LogP contribution in [0, 0.1) is 0 Å². The van der Waals surface area contributed by atoms with E-state index in [1.54, 1.807) is 0 Å². The number of rotatable bonds is 5. The predicted octanol–water partition coefficient (Wildman–Crippen LogP) is 2.49. The highest BCUT2D eigenvalue weighted by molar-refractivity contribution is 6.30. The van der Waals surface area contributed by atoms with E-state index in [0.29, 0.717) is 24.5 Å². The zero-order valence-corrected chi connectivity index (χ0v) is 13.3. The second-order valence-electron chi connectivity index (χ2n) is 5.17. The van der Waals surface area contributed by atoms with Gasteiger partial charge in [0.15, 0.2) is 0 Å². The molecule has 0 unspecified atom stereocenters. The Balaban J connectivity index is 1.95. The fraction of sp³-hybridized carbons (Fsp3) is 0.562. The van der Waals surface area contributed by atoms with Crippen LogP contribution in [-0.2, 0) is 11.2 Å². The van der Waals surface area contributed by atoms with Crippen LogP contribution in [0.4, 0.5) is 0 Å². The van der Waals surface area contributed by atoms with Crippen molar-refractivity contribution in [1.29, 1.82) is 0 Å². The summed E-state index contributed by atoms with van der Waals surface area (Å²) in [6, 6.07) is 5.59. The Hall–Kier alpha value is -1.26. The van der Waals surface area contributed by atoms with Crippen molar-refractivity contribution < 1.29 is 9.53 Å². The van der Waals surface area contributed by atoms with Gasteiger partial charge in [0.25, 0.3) is 0 Å². The van der Waals surface area contributed by atoms with Crippen LogP contribution in [0.1, 0.15) is 25.3 Å². The molecule has 5 heteroatoms. The van der Waals surface area contributed by atoms with Crippen LogP contribution in [0.2, 0.25) is 5.02 Å². The van der Waals surface area contributed by atoms with E-state index in [-0.39, 0.29) is 5.91 Å². The van der Waals surface area contributed by atoms with Crippen LogP contribution in [-0.4, -0.2) is 43.6 Å². The van der Waals surface area contributed by atoms with E-state index >= 15 is 0 Å². The Morgan fingerprint density at radius 1 is 1.38 bits per heavy atom. The van der Waals surface area contributed by atoms with Crippen molar-refractivity contribution in [3.05, 3.63) is 28.8 Å². The fourth-order valence-corrected chi connectivity index (χ4v) is 2.73. The van der Waals surface area contributed by atoms with Gasteiger partial charge in [0.2, 0.25) is 5.91 Å². The van der Waals surface area contributed by atoms with Crippen LogP contribution >= 0.6 is 11.6 Å². The predicted molar refractivity (Wildman–Crippen MR) is 85.0 cm³/mol. The molecular weight excluding hydrogens is 288 g/mol. The number of carbonyl (C=O) groups is 1. The molecule has 1 N–H and O–H groups in total. The molecule has 1 aliphatic heterocycles. The summed E-state index contributed by atoms with van der Waals surface area (Å²) in [6.07, 6.45) is 2.19. The highest BCUT2D eigenvalue weighted by Crippen LogP contribution is 2.24. The van der Waals surface area contributed by atoms with Gasteiger partial charge in [-0.25, -0.2) is 0 Å². The molecule has 1 aromatic carbocycles. The Morgan fingerprint density at radius 3 is 3.05 bits per heavy atom. The molecule has 2 rings (SSSR count). The Labute approximate surface area is 131 Å². The van der Waals surface area contributed by atoms with E-state index < -0.39 is 0 Å². The van der Waals surface area contributed by atoms with E-state index in [4.69, 9.17) is 16.3 Å². The van der Waals surface area contributed by atoms with E-state index in [0.717, 1.165) is 43.9 Å². The number of hydrogen-bond acceptors (Lipinski definition) is 3. The third-order valence-corrected chi connectivity index (χ3v) is 3.86. The average Bonchev–Trinajstić information content (AvgIpc) is 2.76. The third-order valence-electron chi connectivity index (χ3n) is 3.62. The molecule has 0 atom stereocenters. The van der Waals surface area contributed by atoms with Crippen molar-refractivity contribution in [2.24, 2.45) is 0 Å². The van der Waals surface area contributed by atoms with Gasteiger partial charge >= 0.3 is 0 Å². The highest BCUT2D eigenvalue weighted by atomic mass is 35.5. The van der Waals surface area contributed by atoms with Gasteiger partial charge < -0.3 is 15.0 Å². The lowest BCUT2D eigenvalue weighted by Crippen LogP contribution is -2.34. The Bertz CT molecular complexity index is 471. The molecule has 1 amide bonds. The molecule has 1 aliphatic rings. The lowest BCUT2D eigenvalue weighted by Gasteiger charge is -2.20. The van der Waals surface area contributed by atoms with Crippen molar-refractivity contribution in [2.75, 3.05) is 32.8 Å². The van der Waals surface area contributed by atoms with Gasteiger partial charge in [0.05, 0.1) is 6.61 Å². The van der Waals surface area contributed by atoms with E-state index in [2.05, 4.69) is 5.32 Å². The number of aryl methyl sites for hydroxylation is 1. The van der Waals surface area contributed by atoms with Crippen molar-refractivity contribution in [3.63, 3.8) is 0 Å². The van der Waals surface area contributed by atoms with Gasteiger partial charge in [-0.1, -0.05) is 11.6 Å². The standard InChI is InChI=1S/C16H23ClN2O2/c1-2-21-15-6-5-14(17)12-13(15)4-7-16(20)19-10-3-8-18-9-11-19/h5-6,12,18H,2-4,7-11H2,1H3. The number of ether oxygens (including phenoxy) is 1. The Morgan fingerprint density at radius 2 is 2.24 bits per heavy atom. The molecule has 1 saturated heterocycles. The summed E-state index contributed by atoms with van der Waals surface area (Å²) in [4.78, 5) is 14.3. The quantitative estimate of drug-likeness (QED) is 0.908. The smallest absolute Gasteiger partial charge is 0.222 e. The molecule has 0 spiro atoms. The minimum atomic E-state index is 0.209. The first-order valence-electron chi connectivity index (χ1n) is 7.60. The molecule has 0 saturated carbocycles. The molecule has 1 heterocycles. The van der Waals surface area contributed by atoms with Crippen molar-refractivity contribution in [1.82, 2.24) is 10.2 Å². The molecule has 116 valence electrons. The van der Waals surface area contributed by atoms with Gasteiger partial charge in [-0.3, -0.25) is 4.79 Å². The van der Waals surface area contributed by atoms with Gasteiger partial charge in [-0.05, 0) is 50.1 Å². The summed E-state index contributed by atoms with van der Waals surface area (Å²) in [5.41, 5.74) is 1.01. The van der Waals surface area contributed by atoms with Gasteiger partial charge in [0, 0.05) is 31.1 Å². The minimum Gasteiger partial charge on any atom is -0.494 e. The first-order valence-corrected chi connectivity index (χ1v) is 7.98. The van der Waals surface area contributed by atoms with E-state index in [1.807, 2.05) is 30.0 Å². The SMILES string of the molecule is CCOc1ccc(Cl)cc1CCC(=O)N1CCCNCC1. The zero-order chi connectivity index (χ0) is 15.1. The second-order valence-corrected chi connectivity index (χ2v) is 5.61. The number of benzene rings is 1. The van der Waals surface area contributed by atoms with Gasteiger partial charge in [-0.15, -0.1) is 0 Å². The third kappa shape index (κ3) is 4.90. The number of nitrogens with one attached hydrogen (secondary N) is 1. The molecule has 0 aliphatic carbocycles. The maximum absolute atomic E-state index is 12.3. The van der Waals surface area contributed by atoms with Crippen LogP contribution in [0.25, 0.3) is 0 Å². The first-order chi connectivity index (χ1) is 10.2. The monoisotopic (exact) mass is 310 g/mol. The normalized spacial score (nSPS) is 15.6. The maximum atomic E-state index is 12.3. The van der Waals surface area contributed by atoms with Crippen molar-refractivity contribution in [3.8, 4) is 5.75 Å². The number of hydrogen-bond donors (Lipinski definition) is 1. The van der Waals surface area contributed by atoms with Gasteiger partial charge in [-0.2, -0.15) is 0 Å². The number of halogens is 1. The van der Waals surface area contributed by atoms with Crippen molar-refractivity contribution >= 4 is 17.5 Å². The van der Waals surface area contributed by atoms with Crippen LogP contribution in [0.3, 0.4) is 0 Å². The van der Waals surface area contributed by atoms with Crippen LogP contribution < -0.4 is 10.1 Å². The molecule has 0 radical (unpaired) electrons. The van der Waals surface area contributed by atoms with E-state index in [9.17, 15) is 4.79 Å². The Kier molecular flexibility index (Phi) is 6.33. The number of nitrogens with zero attached hydrogens (tertiary/aromatic N) is 1. The summed E-state index contributed by atoms with van der Waals surface area (Å²) < 4.78 is 5.60. The van der Waals surface area contributed by atoms with Crippen molar-refractivity contribution in [2.45, 2.75) is 26.2 Å². The maximum Gasteiger partial charge on any atom is 0.222 e. The molecule has 1 fully saturated rings. The molecule has 0 bridgehead atoms. The van der Waals surface area contributed by atoms with Crippen LogP contribution in [0.5, 0.6) is 5.75 Å². The molecule has 4 nitrogen and oxygen atoms in total. The molecule has 1 aromatic rings. The number of amides is 1.